The van der Waals surface area contributed by atoms with Crippen LogP contribution in [-0.4, -0.2) is 16.5 Å². The largest absolute Gasteiger partial charge is 0.460 e. The summed E-state index contributed by atoms with van der Waals surface area (Å²) in [7, 11) is 0. The molecule has 0 radical (unpaired) electrons. The lowest BCUT2D eigenvalue weighted by atomic mass is 9.49. The Morgan fingerprint density at radius 3 is 2.43 bits per heavy atom. The molecule has 0 aliphatic heterocycles. The molecule has 0 aromatic heterocycles. The maximum atomic E-state index is 12.9. The number of thioether (sulfide) groups is 1. The summed E-state index contributed by atoms with van der Waals surface area (Å²) in [6.45, 7) is 0.403. The van der Waals surface area contributed by atoms with Crippen LogP contribution < -0.4 is 0 Å². The minimum atomic E-state index is -0.215. The summed E-state index contributed by atoms with van der Waals surface area (Å²) in [6.07, 6.45) is 8.93. The molecule has 4 bridgehead atoms. The van der Waals surface area contributed by atoms with Crippen LogP contribution >= 0.6 is 27.7 Å². The van der Waals surface area contributed by atoms with E-state index in [1.54, 1.807) is 11.8 Å². The molecule has 1 aromatic rings. The van der Waals surface area contributed by atoms with Crippen molar-refractivity contribution in [1.82, 2.24) is 0 Å². The van der Waals surface area contributed by atoms with Crippen molar-refractivity contribution in [3.8, 4) is 0 Å². The number of carbonyl (C=O) groups excluding carboxylic acids is 1. The van der Waals surface area contributed by atoms with E-state index in [0.717, 1.165) is 24.8 Å². The van der Waals surface area contributed by atoms with Crippen LogP contribution in [-0.2, 0) is 16.1 Å². The summed E-state index contributed by atoms with van der Waals surface area (Å²) in [5.41, 5.74) is 0.863. The fourth-order valence-corrected chi connectivity index (χ4v) is 7.27. The van der Waals surface area contributed by atoms with Crippen molar-refractivity contribution in [2.75, 3.05) is 6.26 Å². The quantitative estimate of drug-likeness (QED) is 0.399. The molecule has 0 spiro atoms. The zero-order valence-electron chi connectivity index (χ0n) is 13.5. The SMILES string of the molecule is CSc1ccc(COC(=O)C23CC4CC(CC(Br)(C4)C2)C3)cc1. The number of esters is 1. The van der Waals surface area contributed by atoms with Gasteiger partial charge >= 0.3 is 5.97 Å². The Morgan fingerprint density at radius 2 is 1.87 bits per heavy atom. The lowest BCUT2D eigenvalue weighted by molar-refractivity contribution is -0.170. The maximum Gasteiger partial charge on any atom is 0.312 e. The molecule has 4 heteroatoms. The van der Waals surface area contributed by atoms with Crippen LogP contribution in [0.25, 0.3) is 0 Å². The molecule has 4 aliphatic rings. The summed E-state index contributed by atoms with van der Waals surface area (Å²) in [5.74, 6) is 1.47. The first-order chi connectivity index (χ1) is 11.0. The lowest BCUT2D eigenvalue weighted by Gasteiger charge is -2.58. The Morgan fingerprint density at radius 1 is 1.22 bits per heavy atom. The number of alkyl halides is 1. The molecule has 2 atom stereocenters. The van der Waals surface area contributed by atoms with Crippen LogP contribution in [0.3, 0.4) is 0 Å². The van der Waals surface area contributed by atoms with Crippen molar-refractivity contribution < 1.29 is 9.53 Å². The number of ether oxygens (including phenoxy) is 1. The van der Waals surface area contributed by atoms with Crippen LogP contribution in [0.2, 0.25) is 0 Å². The molecule has 4 fully saturated rings. The monoisotopic (exact) mass is 394 g/mol. The van der Waals surface area contributed by atoms with Crippen LogP contribution in [0.5, 0.6) is 0 Å². The van der Waals surface area contributed by atoms with Gasteiger partial charge < -0.3 is 4.74 Å². The summed E-state index contributed by atoms with van der Waals surface area (Å²) in [5, 5.41) is 0. The molecular formula is C19H23BrO2S. The number of halogens is 1. The molecular weight excluding hydrogens is 372 g/mol. The van der Waals surface area contributed by atoms with E-state index in [1.807, 2.05) is 0 Å². The topological polar surface area (TPSA) is 26.3 Å². The molecule has 0 heterocycles. The first-order valence-corrected chi connectivity index (χ1v) is 10.5. The van der Waals surface area contributed by atoms with E-state index in [0.29, 0.717) is 18.4 Å². The number of hydrogen-bond donors (Lipinski definition) is 0. The van der Waals surface area contributed by atoms with Crippen LogP contribution in [0.15, 0.2) is 29.2 Å². The van der Waals surface area contributed by atoms with Crippen molar-refractivity contribution in [1.29, 1.82) is 0 Å². The van der Waals surface area contributed by atoms with E-state index in [4.69, 9.17) is 4.74 Å². The Hall–Kier alpha value is -0.480. The van der Waals surface area contributed by atoms with E-state index >= 15 is 0 Å². The molecule has 4 saturated carbocycles. The summed E-state index contributed by atoms with van der Waals surface area (Å²) in [6, 6.07) is 8.30. The standard InChI is InChI=1S/C19H23BrO2S/c1-23-16-4-2-13(3-5-16)11-22-17(21)18-7-14-6-15(8-18)10-19(20,9-14)12-18/h2-5,14-15H,6-12H2,1H3. The third-order valence-electron chi connectivity index (χ3n) is 5.95. The number of hydrogen-bond acceptors (Lipinski definition) is 3. The minimum Gasteiger partial charge on any atom is -0.460 e. The molecule has 0 saturated heterocycles. The molecule has 124 valence electrons. The molecule has 5 rings (SSSR count). The van der Waals surface area contributed by atoms with E-state index in [9.17, 15) is 4.79 Å². The number of benzene rings is 1. The summed E-state index contributed by atoms with van der Waals surface area (Å²) in [4.78, 5) is 14.1. The van der Waals surface area contributed by atoms with Crippen molar-refractivity contribution >= 4 is 33.7 Å². The predicted octanol–water partition coefficient (Wildman–Crippen LogP) is 5.19. The van der Waals surface area contributed by atoms with Gasteiger partial charge in [0.15, 0.2) is 0 Å². The molecule has 2 nitrogen and oxygen atoms in total. The predicted molar refractivity (Wildman–Crippen MR) is 96.8 cm³/mol. The second kappa shape index (κ2) is 5.80. The van der Waals surface area contributed by atoms with Gasteiger partial charge in [-0.25, -0.2) is 0 Å². The fourth-order valence-electron chi connectivity index (χ4n) is 5.41. The van der Waals surface area contributed by atoms with Gasteiger partial charge in [-0.05, 0) is 74.3 Å². The van der Waals surface area contributed by atoms with Crippen molar-refractivity contribution in [3.05, 3.63) is 29.8 Å². The molecule has 4 aliphatic carbocycles. The Kier molecular flexibility index (Phi) is 4.04. The van der Waals surface area contributed by atoms with Gasteiger partial charge in [0, 0.05) is 9.22 Å². The lowest BCUT2D eigenvalue weighted by Crippen LogP contribution is -2.56. The Balaban J connectivity index is 1.44. The smallest absolute Gasteiger partial charge is 0.312 e. The highest BCUT2D eigenvalue weighted by Crippen LogP contribution is 2.64. The highest BCUT2D eigenvalue weighted by molar-refractivity contribution is 9.10. The van der Waals surface area contributed by atoms with Gasteiger partial charge in [-0.15, -0.1) is 11.8 Å². The van der Waals surface area contributed by atoms with Crippen molar-refractivity contribution in [2.45, 2.75) is 54.4 Å². The molecule has 0 N–H and O–H groups in total. The molecule has 23 heavy (non-hydrogen) atoms. The van der Waals surface area contributed by atoms with Gasteiger partial charge in [0.2, 0.25) is 0 Å². The van der Waals surface area contributed by atoms with E-state index in [2.05, 4.69) is 46.5 Å². The third kappa shape index (κ3) is 2.97. The molecule has 0 amide bonds. The Labute approximate surface area is 150 Å². The normalized spacial score (nSPS) is 37.8. The second-order valence-corrected chi connectivity index (χ2v) is 10.4. The van der Waals surface area contributed by atoms with Crippen molar-refractivity contribution in [3.63, 3.8) is 0 Å². The van der Waals surface area contributed by atoms with E-state index < -0.39 is 0 Å². The fraction of sp³-hybridized carbons (Fsp3) is 0.632. The van der Waals surface area contributed by atoms with Gasteiger partial charge in [-0.3, -0.25) is 4.79 Å². The number of carbonyl (C=O) groups is 1. The maximum absolute atomic E-state index is 12.9. The molecule has 1 aromatic carbocycles. The highest BCUT2D eigenvalue weighted by atomic mass is 79.9. The van der Waals surface area contributed by atoms with Gasteiger partial charge in [-0.1, -0.05) is 28.1 Å². The van der Waals surface area contributed by atoms with Gasteiger partial charge in [0.25, 0.3) is 0 Å². The first kappa shape index (κ1) is 16.0. The van der Waals surface area contributed by atoms with E-state index in [1.165, 1.54) is 24.2 Å². The summed E-state index contributed by atoms with van der Waals surface area (Å²) >= 11 is 5.69. The summed E-state index contributed by atoms with van der Waals surface area (Å²) < 4.78 is 5.97. The average molecular weight is 395 g/mol. The van der Waals surface area contributed by atoms with Gasteiger partial charge in [-0.2, -0.15) is 0 Å². The third-order valence-corrected chi connectivity index (χ3v) is 7.62. The average Bonchev–Trinajstić information content (AvgIpc) is 2.50. The van der Waals surface area contributed by atoms with Gasteiger partial charge in [0.1, 0.15) is 6.61 Å². The van der Waals surface area contributed by atoms with Gasteiger partial charge in [0.05, 0.1) is 5.41 Å². The number of rotatable bonds is 4. The van der Waals surface area contributed by atoms with Crippen LogP contribution in [0, 0.1) is 17.3 Å². The first-order valence-electron chi connectivity index (χ1n) is 8.49. The van der Waals surface area contributed by atoms with E-state index in [-0.39, 0.29) is 15.7 Å². The highest BCUT2D eigenvalue weighted by Gasteiger charge is 2.60. The van der Waals surface area contributed by atoms with Crippen LogP contribution in [0.4, 0.5) is 0 Å². The minimum absolute atomic E-state index is 0.0457. The molecule has 2 unspecified atom stereocenters. The zero-order valence-corrected chi connectivity index (χ0v) is 15.9. The Bertz CT molecular complexity index is 598. The second-order valence-electron chi connectivity index (χ2n) is 7.82. The van der Waals surface area contributed by atoms with Crippen LogP contribution in [0.1, 0.15) is 44.1 Å². The zero-order chi connectivity index (χ0) is 16.1. The van der Waals surface area contributed by atoms with Crippen molar-refractivity contribution in [2.24, 2.45) is 17.3 Å².